The van der Waals surface area contributed by atoms with E-state index in [1.54, 1.807) is 0 Å². The fraction of sp³-hybridized carbons (Fsp3) is 0.833. The second-order valence-corrected chi connectivity index (χ2v) is 3.90. The van der Waals surface area contributed by atoms with Gasteiger partial charge in [0.15, 0.2) is 0 Å². The Morgan fingerprint density at radius 3 is 1.42 bits per heavy atom. The maximum Gasteiger partial charge on any atom is -0.0322 e. The van der Waals surface area contributed by atoms with Crippen LogP contribution < -0.4 is 0 Å². The van der Waals surface area contributed by atoms with E-state index in [9.17, 15) is 0 Å². The lowest BCUT2D eigenvalue weighted by molar-refractivity contribution is 0.380. The monoisotopic (exact) mass is 168 g/mol. The normalized spacial score (nSPS) is 27.7. The lowest BCUT2D eigenvalue weighted by atomic mass is 9.86. The van der Waals surface area contributed by atoms with Gasteiger partial charge in [0.1, 0.15) is 0 Å². The zero-order chi connectivity index (χ0) is 9.40. The van der Waals surface area contributed by atoms with E-state index >= 15 is 0 Å². The Labute approximate surface area is 78.1 Å². The minimum Gasteiger partial charge on any atom is -0.0883 e. The molecule has 1 aliphatic rings. The van der Waals surface area contributed by atoms with E-state index in [0.29, 0.717) is 0 Å². The quantitative estimate of drug-likeness (QED) is 0.509. The first kappa shape index (κ1) is 11.7. The fourth-order valence-electron chi connectivity index (χ4n) is 1.09. The molecule has 0 saturated carbocycles. The molecule has 0 heterocycles. The molecule has 0 aromatic rings. The van der Waals surface area contributed by atoms with Gasteiger partial charge in [-0.25, -0.2) is 0 Å². The molecular formula is C12H24. The third kappa shape index (κ3) is 5.40. The van der Waals surface area contributed by atoms with Gasteiger partial charge in [0.05, 0.1) is 0 Å². The molecule has 0 nitrogen and oxygen atoms in total. The summed E-state index contributed by atoms with van der Waals surface area (Å²) in [5.41, 5.74) is 0. The molecular weight excluding hydrogens is 144 g/mol. The summed E-state index contributed by atoms with van der Waals surface area (Å²) in [6.07, 6.45) is 9.82. The maximum absolute atomic E-state index is 2.33. The van der Waals surface area contributed by atoms with Crippen LogP contribution in [0.3, 0.4) is 0 Å². The van der Waals surface area contributed by atoms with Gasteiger partial charge in [-0.15, -0.1) is 0 Å². The summed E-state index contributed by atoms with van der Waals surface area (Å²) in [5.74, 6) is 1.83. The number of hydrogen-bond donors (Lipinski definition) is 0. The van der Waals surface area contributed by atoms with Crippen molar-refractivity contribution in [2.75, 3.05) is 0 Å². The van der Waals surface area contributed by atoms with E-state index in [2.05, 4.69) is 39.8 Å². The molecule has 0 aliphatic heterocycles. The summed E-state index contributed by atoms with van der Waals surface area (Å²) >= 11 is 0. The molecule has 2 atom stereocenters. The average Bonchev–Trinajstić information content (AvgIpc) is 2.11. The van der Waals surface area contributed by atoms with Gasteiger partial charge >= 0.3 is 0 Å². The topological polar surface area (TPSA) is 0 Å². The number of rotatable bonds is 1. The van der Waals surface area contributed by atoms with Gasteiger partial charge in [-0.2, -0.15) is 0 Å². The van der Waals surface area contributed by atoms with Crippen LogP contribution in [0, 0.1) is 11.8 Å². The van der Waals surface area contributed by atoms with Crippen molar-refractivity contribution in [3.05, 3.63) is 12.2 Å². The van der Waals surface area contributed by atoms with Crippen molar-refractivity contribution in [1.29, 1.82) is 0 Å². The molecule has 1 aliphatic carbocycles. The molecule has 1 rings (SSSR count). The Kier molecular flexibility index (Phi) is 7.23. The van der Waals surface area contributed by atoms with Gasteiger partial charge in [-0.1, -0.05) is 52.7 Å². The molecule has 0 amide bonds. The fourth-order valence-corrected chi connectivity index (χ4v) is 1.09. The summed E-state index contributed by atoms with van der Waals surface area (Å²) in [6.45, 7) is 9.02. The van der Waals surface area contributed by atoms with Crippen LogP contribution in [0.1, 0.15) is 53.4 Å². The van der Waals surface area contributed by atoms with Crippen molar-refractivity contribution in [1.82, 2.24) is 0 Å². The molecule has 72 valence electrons. The summed E-state index contributed by atoms with van der Waals surface area (Å²) < 4.78 is 0. The maximum atomic E-state index is 2.33. The average molecular weight is 168 g/mol. The van der Waals surface area contributed by atoms with Crippen LogP contribution in [0.2, 0.25) is 0 Å². The highest BCUT2D eigenvalue weighted by Gasteiger charge is 2.11. The smallest absolute Gasteiger partial charge is 0.0322 e. The number of unbranched alkanes of at least 4 members (excludes halogenated alkanes) is 1. The molecule has 0 spiro atoms. The Bertz CT molecular complexity index is 99.2. The first-order valence-corrected chi connectivity index (χ1v) is 5.37. The molecule has 0 bridgehead atoms. The summed E-state index contributed by atoms with van der Waals surface area (Å²) in [6, 6.07) is 0. The Morgan fingerprint density at radius 2 is 1.25 bits per heavy atom. The van der Waals surface area contributed by atoms with Crippen molar-refractivity contribution >= 4 is 0 Å². The van der Waals surface area contributed by atoms with E-state index in [-0.39, 0.29) is 0 Å². The van der Waals surface area contributed by atoms with Crippen LogP contribution in [-0.2, 0) is 0 Å². The van der Waals surface area contributed by atoms with Crippen LogP contribution in [0.4, 0.5) is 0 Å². The van der Waals surface area contributed by atoms with Crippen molar-refractivity contribution in [2.45, 2.75) is 53.4 Å². The molecule has 12 heavy (non-hydrogen) atoms. The lowest BCUT2D eigenvalue weighted by Gasteiger charge is -2.19. The standard InChI is InChI=1S/C8H14.C4H10/c1-7-5-3-4-6-8(7)2;1-3-4-2/h3-4,7-8H,5-6H2,1-2H3;3-4H2,1-2H3. The molecule has 0 heteroatoms. The third-order valence-corrected chi connectivity index (χ3v) is 2.65. The van der Waals surface area contributed by atoms with Gasteiger partial charge in [-0.3, -0.25) is 0 Å². The van der Waals surface area contributed by atoms with Crippen LogP contribution in [-0.4, -0.2) is 0 Å². The van der Waals surface area contributed by atoms with Gasteiger partial charge in [0, 0.05) is 0 Å². The van der Waals surface area contributed by atoms with Crippen LogP contribution >= 0.6 is 0 Å². The second kappa shape index (κ2) is 7.39. The molecule has 2 unspecified atom stereocenters. The second-order valence-electron chi connectivity index (χ2n) is 3.90. The minimum atomic E-state index is 0.917. The first-order valence-electron chi connectivity index (χ1n) is 5.37. The Morgan fingerprint density at radius 1 is 0.917 bits per heavy atom. The minimum absolute atomic E-state index is 0.917. The predicted molar refractivity (Wildman–Crippen MR) is 57.3 cm³/mol. The van der Waals surface area contributed by atoms with E-state index in [4.69, 9.17) is 0 Å². The van der Waals surface area contributed by atoms with Crippen LogP contribution in [0.25, 0.3) is 0 Å². The molecule has 0 radical (unpaired) electrons. The highest BCUT2D eigenvalue weighted by atomic mass is 14.2. The van der Waals surface area contributed by atoms with Gasteiger partial charge in [-0.05, 0) is 24.7 Å². The first-order chi connectivity index (χ1) is 5.72. The van der Waals surface area contributed by atoms with Crippen molar-refractivity contribution in [3.8, 4) is 0 Å². The summed E-state index contributed by atoms with van der Waals surface area (Å²) in [5, 5.41) is 0. The van der Waals surface area contributed by atoms with E-state index < -0.39 is 0 Å². The largest absolute Gasteiger partial charge is 0.0883 e. The molecule has 0 aromatic heterocycles. The summed E-state index contributed by atoms with van der Waals surface area (Å²) in [4.78, 5) is 0. The van der Waals surface area contributed by atoms with E-state index in [1.807, 2.05) is 0 Å². The SMILES string of the molecule is CC1CC=CCC1C.CCCC. The lowest BCUT2D eigenvalue weighted by Crippen LogP contribution is -2.08. The molecule has 0 fully saturated rings. The van der Waals surface area contributed by atoms with Crippen molar-refractivity contribution in [3.63, 3.8) is 0 Å². The zero-order valence-electron chi connectivity index (χ0n) is 9.14. The highest BCUT2D eigenvalue weighted by Crippen LogP contribution is 2.23. The van der Waals surface area contributed by atoms with Crippen LogP contribution in [0.5, 0.6) is 0 Å². The van der Waals surface area contributed by atoms with E-state index in [0.717, 1.165) is 11.8 Å². The Balaban J connectivity index is 0.000000261. The third-order valence-electron chi connectivity index (χ3n) is 2.65. The summed E-state index contributed by atoms with van der Waals surface area (Å²) in [7, 11) is 0. The van der Waals surface area contributed by atoms with Gasteiger partial charge in [0.25, 0.3) is 0 Å². The van der Waals surface area contributed by atoms with Gasteiger partial charge in [0.2, 0.25) is 0 Å². The number of allylic oxidation sites excluding steroid dienone is 2. The van der Waals surface area contributed by atoms with E-state index in [1.165, 1.54) is 25.7 Å². The predicted octanol–water partition coefficient (Wildman–Crippen LogP) is 4.42. The molecule has 0 N–H and O–H groups in total. The van der Waals surface area contributed by atoms with Gasteiger partial charge < -0.3 is 0 Å². The number of hydrogen-bond acceptors (Lipinski definition) is 0. The van der Waals surface area contributed by atoms with Crippen LogP contribution in [0.15, 0.2) is 12.2 Å². The Hall–Kier alpha value is -0.260. The van der Waals surface area contributed by atoms with Crippen molar-refractivity contribution in [2.24, 2.45) is 11.8 Å². The highest BCUT2D eigenvalue weighted by molar-refractivity contribution is 4.91. The molecule has 0 aromatic carbocycles. The molecule has 0 saturated heterocycles. The zero-order valence-corrected chi connectivity index (χ0v) is 9.14. The van der Waals surface area contributed by atoms with Crippen molar-refractivity contribution < 1.29 is 0 Å².